The van der Waals surface area contributed by atoms with Gasteiger partial charge in [0.05, 0.1) is 5.75 Å². The molecule has 2 aromatic carbocycles. The van der Waals surface area contributed by atoms with Crippen molar-refractivity contribution in [1.29, 1.82) is 0 Å². The molecule has 3 heterocycles. The zero-order valence-corrected chi connectivity index (χ0v) is 18.9. The summed E-state index contributed by atoms with van der Waals surface area (Å²) < 4.78 is 26.3. The van der Waals surface area contributed by atoms with Crippen molar-refractivity contribution in [3.63, 3.8) is 0 Å². The molecule has 1 N–H and O–H groups in total. The van der Waals surface area contributed by atoms with Gasteiger partial charge in [0, 0.05) is 50.0 Å². The lowest BCUT2D eigenvalue weighted by molar-refractivity contribution is -0.128. The smallest absolute Gasteiger partial charge is 0.276 e. The number of nitrogens with one attached hydrogen (secondary N) is 1. The van der Waals surface area contributed by atoms with E-state index < -0.39 is 6.17 Å². The number of piperazine rings is 1. The van der Waals surface area contributed by atoms with E-state index in [2.05, 4.69) is 15.4 Å². The molecule has 34 heavy (non-hydrogen) atoms. The Morgan fingerprint density at radius 3 is 2.21 bits per heavy atom. The summed E-state index contributed by atoms with van der Waals surface area (Å²) in [5, 5.41) is 4.77. The second-order valence-corrected chi connectivity index (χ2v) is 8.89. The molecular weight excluding hydrogens is 462 g/mol. The summed E-state index contributed by atoms with van der Waals surface area (Å²) in [4.78, 5) is 32.7. The summed E-state index contributed by atoms with van der Waals surface area (Å²) in [6.45, 7) is 2.52. The Balaban J connectivity index is 1.14. The Kier molecular flexibility index (Phi) is 6.10. The van der Waals surface area contributed by atoms with Gasteiger partial charge in [-0.2, -0.15) is 5.10 Å². The number of hydrogen-bond acceptors (Lipinski definition) is 7. The average molecular weight is 485 g/mol. The summed E-state index contributed by atoms with van der Waals surface area (Å²) >= 11 is 1.27. The van der Waals surface area contributed by atoms with Crippen LogP contribution in [0.5, 0.6) is 0 Å². The molecule has 3 aliphatic rings. The molecule has 2 amide bonds. The fraction of sp³-hybridized carbons (Fsp3) is 0.261. The van der Waals surface area contributed by atoms with Gasteiger partial charge in [0.15, 0.2) is 5.17 Å². The zero-order valence-electron chi connectivity index (χ0n) is 18.1. The molecule has 1 fully saturated rings. The number of carbonyl (C=O) groups is 2. The molecule has 0 spiro atoms. The van der Waals surface area contributed by atoms with Crippen molar-refractivity contribution in [1.82, 2.24) is 15.2 Å². The van der Waals surface area contributed by atoms with Gasteiger partial charge >= 0.3 is 0 Å². The number of rotatable bonds is 4. The molecule has 0 aliphatic carbocycles. The molecule has 176 valence electrons. The number of halogens is 2. The molecule has 2 aromatic rings. The zero-order chi connectivity index (χ0) is 23.7. The summed E-state index contributed by atoms with van der Waals surface area (Å²) in [5.74, 6) is -0.702. The fourth-order valence-electron chi connectivity index (χ4n) is 4.02. The van der Waals surface area contributed by atoms with Crippen LogP contribution in [0.3, 0.4) is 0 Å². The third-order valence-corrected chi connectivity index (χ3v) is 6.83. The van der Waals surface area contributed by atoms with Crippen LogP contribution in [0.15, 0.2) is 66.0 Å². The number of carbonyl (C=O) groups excluding carboxylic acids is 2. The van der Waals surface area contributed by atoms with E-state index in [0.717, 1.165) is 5.69 Å². The van der Waals surface area contributed by atoms with Crippen LogP contribution in [-0.4, -0.2) is 64.9 Å². The summed E-state index contributed by atoms with van der Waals surface area (Å²) in [6.07, 6.45) is 2.60. The molecule has 0 saturated carbocycles. The van der Waals surface area contributed by atoms with Gasteiger partial charge in [-0.05, 0) is 48.5 Å². The van der Waals surface area contributed by atoms with Crippen molar-refractivity contribution >= 4 is 40.1 Å². The largest absolute Gasteiger partial charge is 0.368 e. The number of nitrogens with zero attached hydrogens (tertiary/aromatic N) is 5. The number of thioether (sulfide) groups is 1. The molecule has 11 heteroatoms. The highest BCUT2D eigenvalue weighted by atomic mass is 32.2. The molecular formula is C23H22F2N6O2S. The van der Waals surface area contributed by atoms with Gasteiger partial charge in [-0.3, -0.25) is 24.8 Å². The topological polar surface area (TPSA) is 71.5 Å². The van der Waals surface area contributed by atoms with Crippen LogP contribution in [0.25, 0.3) is 0 Å². The lowest BCUT2D eigenvalue weighted by Gasteiger charge is -2.36. The minimum absolute atomic E-state index is 0.00448. The Morgan fingerprint density at radius 1 is 0.941 bits per heavy atom. The van der Waals surface area contributed by atoms with Crippen molar-refractivity contribution in [3.05, 3.63) is 72.6 Å². The molecule has 5 rings (SSSR count). The molecule has 0 aromatic heterocycles. The number of amidine groups is 1. The van der Waals surface area contributed by atoms with E-state index in [4.69, 9.17) is 0 Å². The van der Waals surface area contributed by atoms with Crippen LogP contribution >= 0.6 is 11.8 Å². The minimum Gasteiger partial charge on any atom is -0.368 e. The SMILES string of the molecule is O=C(CSC1=NNC2C(=O)N(c3ccc(F)cc3)C=CN12)N1CCN(c2ccc(F)cc2)CC1. The van der Waals surface area contributed by atoms with Gasteiger partial charge in [-0.1, -0.05) is 11.8 Å². The highest BCUT2D eigenvalue weighted by Crippen LogP contribution is 2.26. The van der Waals surface area contributed by atoms with E-state index in [1.54, 1.807) is 34.3 Å². The van der Waals surface area contributed by atoms with E-state index >= 15 is 0 Å². The van der Waals surface area contributed by atoms with Crippen LogP contribution < -0.4 is 15.2 Å². The predicted molar refractivity (Wildman–Crippen MR) is 127 cm³/mol. The number of anilines is 2. The molecule has 1 unspecified atom stereocenters. The van der Waals surface area contributed by atoms with Crippen molar-refractivity contribution in [2.24, 2.45) is 5.10 Å². The third kappa shape index (κ3) is 4.43. The molecule has 1 atom stereocenters. The maximum absolute atomic E-state index is 13.2. The normalized spacial score (nSPS) is 19.8. The third-order valence-electron chi connectivity index (χ3n) is 5.88. The van der Waals surface area contributed by atoms with Crippen LogP contribution in [0, 0.1) is 11.6 Å². The maximum Gasteiger partial charge on any atom is 0.276 e. The maximum atomic E-state index is 13.2. The average Bonchev–Trinajstić information content (AvgIpc) is 3.28. The number of hydrogen-bond donors (Lipinski definition) is 1. The first-order chi connectivity index (χ1) is 16.5. The van der Waals surface area contributed by atoms with Gasteiger partial charge in [0.25, 0.3) is 5.91 Å². The molecule has 0 bridgehead atoms. The Bertz CT molecular complexity index is 1130. The minimum atomic E-state index is -0.716. The Morgan fingerprint density at radius 2 is 1.56 bits per heavy atom. The van der Waals surface area contributed by atoms with Gasteiger partial charge in [-0.15, -0.1) is 0 Å². The van der Waals surface area contributed by atoms with Crippen LogP contribution in [0.1, 0.15) is 0 Å². The van der Waals surface area contributed by atoms with Gasteiger partial charge in [-0.25, -0.2) is 8.78 Å². The second kappa shape index (κ2) is 9.34. The highest BCUT2D eigenvalue weighted by molar-refractivity contribution is 8.14. The van der Waals surface area contributed by atoms with E-state index in [1.165, 1.54) is 53.1 Å². The molecule has 3 aliphatic heterocycles. The van der Waals surface area contributed by atoms with Crippen molar-refractivity contribution in [2.75, 3.05) is 41.7 Å². The Labute approximate surface area is 199 Å². The summed E-state index contributed by atoms with van der Waals surface area (Å²) in [5.41, 5.74) is 4.32. The first-order valence-corrected chi connectivity index (χ1v) is 11.8. The van der Waals surface area contributed by atoms with Crippen LogP contribution in [0.2, 0.25) is 0 Å². The molecule has 1 saturated heterocycles. The van der Waals surface area contributed by atoms with E-state index in [9.17, 15) is 18.4 Å². The number of fused-ring (bicyclic) bond motifs is 1. The molecule has 0 radical (unpaired) electrons. The number of hydrazone groups is 1. The van der Waals surface area contributed by atoms with Crippen LogP contribution in [-0.2, 0) is 9.59 Å². The molecule has 8 nitrogen and oxygen atoms in total. The Hall–Kier alpha value is -3.60. The lowest BCUT2D eigenvalue weighted by atomic mass is 10.2. The standard InChI is InChI=1S/C23H22F2N6O2S/c24-16-1-5-18(6-2-16)28-9-11-29(12-10-28)20(32)15-34-23-27-26-21-22(33)30(13-14-31(21)23)19-7-3-17(25)4-8-19/h1-8,13-14,21,26H,9-12,15H2. The van der Waals surface area contributed by atoms with E-state index in [-0.39, 0.29) is 29.2 Å². The number of benzene rings is 2. The van der Waals surface area contributed by atoms with Crippen molar-refractivity contribution < 1.29 is 18.4 Å². The van der Waals surface area contributed by atoms with Gasteiger partial charge in [0.1, 0.15) is 11.6 Å². The van der Waals surface area contributed by atoms with Gasteiger partial charge in [0.2, 0.25) is 12.1 Å². The van der Waals surface area contributed by atoms with Crippen molar-refractivity contribution in [3.8, 4) is 0 Å². The van der Waals surface area contributed by atoms with E-state index in [1.807, 2.05) is 0 Å². The van der Waals surface area contributed by atoms with Crippen LogP contribution in [0.4, 0.5) is 20.2 Å². The quantitative estimate of drug-likeness (QED) is 0.719. The monoisotopic (exact) mass is 484 g/mol. The summed E-state index contributed by atoms with van der Waals surface area (Å²) in [7, 11) is 0. The van der Waals surface area contributed by atoms with Gasteiger partial charge < -0.3 is 9.80 Å². The number of amides is 2. The second-order valence-electron chi connectivity index (χ2n) is 7.95. The van der Waals surface area contributed by atoms with Crippen molar-refractivity contribution in [2.45, 2.75) is 6.17 Å². The summed E-state index contributed by atoms with van der Waals surface area (Å²) in [6, 6.07) is 12.0. The van der Waals surface area contributed by atoms with E-state index in [0.29, 0.717) is 37.0 Å². The highest BCUT2D eigenvalue weighted by Gasteiger charge is 2.38. The fourth-order valence-corrected chi connectivity index (χ4v) is 4.89. The first kappa shape index (κ1) is 22.2. The first-order valence-electron chi connectivity index (χ1n) is 10.8. The predicted octanol–water partition coefficient (Wildman–Crippen LogP) is 2.37. The lowest BCUT2D eigenvalue weighted by Crippen LogP contribution is -2.52.